The number of nitrogens with one attached hydrogen (secondary N) is 1. The van der Waals surface area contributed by atoms with Gasteiger partial charge in [-0.3, -0.25) is 13.9 Å². The van der Waals surface area contributed by atoms with Crippen molar-refractivity contribution in [3.8, 4) is 0 Å². The smallest absolute Gasteiger partial charge is 0.244 e. The van der Waals surface area contributed by atoms with Crippen molar-refractivity contribution in [3.63, 3.8) is 0 Å². The number of carbonyl (C=O) groups excluding carboxylic acids is 2. The molecule has 0 radical (unpaired) electrons. The SMILES string of the molecule is Cc1ccc(Cl)cc1N(CC(=O)N(Cc1ccc(Cl)c(Cl)c1)C(Cc1ccccc1)C(=O)NC(C)C)S(C)(=O)=O. The second kappa shape index (κ2) is 13.7. The van der Waals surface area contributed by atoms with E-state index in [4.69, 9.17) is 34.8 Å². The Morgan fingerprint density at radius 3 is 2.17 bits per heavy atom. The third-order valence-corrected chi connectivity index (χ3v) is 8.26. The standard InChI is InChI=1S/C29H32Cl3N3O4S/c1-19(2)33-29(37)27(15-21-8-6-5-7-9-21)34(17-22-11-13-24(31)25(32)14-22)28(36)18-35(40(4,38)39)26-16-23(30)12-10-20(26)3/h5-14,16,19,27H,15,17-18H2,1-4H3,(H,33,37). The summed E-state index contributed by atoms with van der Waals surface area (Å²) in [5.41, 5.74) is 2.37. The molecule has 0 fully saturated rings. The first kappa shape index (κ1) is 31.7. The number of carbonyl (C=O) groups is 2. The van der Waals surface area contributed by atoms with E-state index in [9.17, 15) is 18.0 Å². The summed E-state index contributed by atoms with van der Waals surface area (Å²) in [4.78, 5) is 29.1. The summed E-state index contributed by atoms with van der Waals surface area (Å²) in [5, 5.41) is 3.88. The number of hydrogen-bond donors (Lipinski definition) is 1. The predicted molar refractivity (Wildman–Crippen MR) is 163 cm³/mol. The molecule has 0 aromatic heterocycles. The number of nitrogens with zero attached hydrogens (tertiary/aromatic N) is 2. The Labute approximate surface area is 251 Å². The highest BCUT2D eigenvalue weighted by Gasteiger charge is 2.33. The Balaban J connectivity index is 2.10. The minimum absolute atomic E-state index is 0.00906. The molecule has 0 spiro atoms. The molecule has 1 atom stereocenters. The van der Waals surface area contributed by atoms with Gasteiger partial charge in [0.1, 0.15) is 12.6 Å². The fourth-order valence-corrected chi connectivity index (χ4v) is 5.60. The van der Waals surface area contributed by atoms with Gasteiger partial charge in [-0.05, 0) is 61.7 Å². The molecule has 3 aromatic rings. The molecule has 40 heavy (non-hydrogen) atoms. The van der Waals surface area contributed by atoms with E-state index in [0.29, 0.717) is 26.2 Å². The highest BCUT2D eigenvalue weighted by atomic mass is 35.5. The number of amides is 2. The van der Waals surface area contributed by atoms with Gasteiger partial charge in [-0.15, -0.1) is 0 Å². The summed E-state index contributed by atoms with van der Waals surface area (Å²) in [6.45, 7) is 4.84. The van der Waals surface area contributed by atoms with Gasteiger partial charge in [0.2, 0.25) is 21.8 Å². The minimum Gasteiger partial charge on any atom is -0.352 e. The van der Waals surface area contributed by atoms with Gasteiger partial charge < -0.3 is 10.2 Å². The second-order valence-electron chi connectivity index (χ2n) is 9.84. The number of sulfonamides is 1. The van der Waals surface area contributed by atoms with Crippen LogP contribution in [0.5, 0.6) is 0 Å². The van der Waals surface area contributed by atoms with Crippen molar-refractivity contribution in [1.29, 1.82) is 0 Å². The lowest BCUT2D eigenvalue weighted by molar-refractivity contribution is -0.140. The maximum atomic E-state index is 14.1. The van der Waals surface area contributed by atoms with Crippen molar-refractivity contribution in [3.05, 3.63) is 98.5 Å². The largest absolute Gasteiger partial charge is 0.352 e. The van der Waals surface area contributed by atoms with Crippen LogP contribution in [0.1, 0.15) is 30.5 Å². The Kier molecular flexibility index (Phi) is 10.9. The van der Waals surface area contributed by atoms with Crippen molar-refractivity contribution < 1.29 is 18.0 Å². The Morgan fingerprint density at radius 2 is 1.57 bits per heavy atom. The number of anilines is 1. The first-order valence-corrected chi connectivity index (χ1v) is 15.6. The van der Waals surface area contributed by atoms with Gasteiger partial charge in [-0.2, -0.15) is 0 Å². The van der Waals surface area contributed by atoms with Crippen LogP contribution in [0.15, 0.2) is 66.7 Å². The quantitative estimate of drug-likeness (QED) is 0.289. The lowest BCUT2D eigenvalue weighted by atomic mass is 10.0. The molecule has 0 bridgehead atoms. The van der Waals surface area contributed by atoms with Crippen molar-refractivity contribution in [2.45, 2.75) is 45.8 Å². The first-order valence-electron chi connectivity index (χ1n) is 12.6. The van der Waals surface area contributed by atoms with E-state index < -0.39 is 28.5 Å². The molecule has 3 aromatic carbocycles. The monoisotopic (exact) mass is 623 g/mol. The molecule has 0 aliphatic rings. The van der Waals surface area contributed by atoms with Crippen LogP contribution in [0, 0.1) is 6.92 Å². The van der Waals surface area contributed by atoms with E-state index in [1.165, 1.54) is 11.0 Å². The molecular weight excluding hydrogens is 593 g/mol. The maximum absolute atomic E-state index is 14.1. The molecule has 11 heteroatoms. The lowest BCUT2D eigenvalue weighted by Crippen LogP contribution is -2.54. The van der Waals surface area contributed by atoms with E-state index in [2.05, 4.69) is 5.32 Å². The van der Waals surface area contributed by atoms with Gasteiger partial charge >= 0.3 is 0 Å². The highest BCUT2D eigenvalue weighted by Crippen LogP contribution is 2.28. The zero-order valence-corrected chi connectivity index (χ0v) is 25.8. The van der Waals surface area contributed by atoms with Crippen molar-refractivity contribution in [2.24, 2.45) is 0 Å². The average Bonchev–Trinajstić information content (AvgIpc) is 2.87. The molecule has 1 N–H and O–H groups in total. The Bertz CT molecular complexity index is 1470. The van der Waals surface area contributed by atoms with Gasteiger partial charge in [0.15, 0.2) is 0 Å². The maximum Gasteiger partial charge on any atom is 0.244 e. The van der Waals surface area contributed by atoms with Gasteiger partial charge in [-0.1, -0.05) is 77.3 Å². The Hall–Kier alpha value is -2.78. The number of aryl methyl sites for hydroxylation is 1. The third-order valence-electron chi connectivity index (χ3n) is 6.16. The molecule has 214 valence electrons. The van der Waals surface area contributed by atoms with Gasteiger partial charge in [0.25, 0.3) is 0 Å². The van der Waals surface area contributed by atoms with Gasteiger partial charge in [0.05, 0.1) is 22.0 Å². The molecule has 0 saturated heterocycles. The molecule has 0 aliphatic heterocycles. The molecule has 1 unspecified atom stereocenters. The summed E-state index contributed by atoms with van der Waals surface area (Å²) >= 11 is 18.6. The zero-order chi connectivity index (χ0) is 29.6. The van der Waals surface area contributed by atoms with Crippen LogP contribution in [0.25, 0.3) is 0 Å². The highest BCUT2D eigenvalue weighted by molar-refractivity contribution is 7.92. The van der Waals surface area contributed by atoms with Crippen LogP contribution in [0.2, 0.25) is 15.1 Å². The molecule has 0 saturated carbocycles. The van der Waals surface area contributed by atoms with E-state index in [-0.39, 0.29) is 30.6 Å². The fraction of sp³-hybridized carbons (Fsp3) is 0.310. The topological polar surface area (TPSA) is 86.8 Å². The summed E-state index contributed by atoms with van der Waals surface area (Å²) in [6.07, 6.45) is 1.23. The van der Waals surface area contributed by atoms with Crippen LogP contribution < -0.4 is 9.62 Å². The molecule has 0 aliphatic carbocycles. The molecule has 0 heterocycles. The van der Waals surface area contributed by atoms with Crippen molar-refractivity contribution >= 4 is 62.3 Å². The number of halogens is 3. The van der Waals surface area contributed by atoms with E-state index in [0.717, 1.165) is 16.1 Å². The summed E-state index contributed by atoms with van der Waals surface area (Å²) in [5.74, 6) is -0.937. The molecule has 2 amide bonds. The summed E-state index contributed by atoms with van der Waals surface area (Å²) in [7, 11) is -3.91. The number of rotatable bonds is 11. The van der Waals surface area contributed by atoms with E-state index in [1.54, 1.807) is 37.3 Å². The third kappa shape index (κ3) is 8.61. The molecule has 3 rings (SSSR count). The minimum atomic E-state index is -3.91. The van der Waals surface area contributed by atoms with Crippen LogP contribution in [-0.2, 0) is 32.6 Å². The van der Waals surface area contributed by atoms with Gasteiger partial charge in [-0.25, -0.2) is 8.42 Å². The molecular formula is C29H32Cl3N3O4S. The zero-order valence-electron chi connectivity index (χ0n) is 22.7. The predicted octanol–water partition coefficient (Wildman–Crippen LogP) is 5.89. The summed E-state index contributed by atoms with van der Waals surface area (Å²) in [6, 6.07) is 18.0. The van der Waals surface area contributed by atoms with Crippen LogP contribution in [0.4, 0.5) is 5.69 Å². The van der Waals surface area contributed by atoms with Gasteiger partial charge in [0, 0.05) is 24.0 Å². The fourth-order valence-electron chi connectivity index (χ4n) is 4.22. The second-order valence-corrected chi connectivity index (χ2v) is 13.0. The lowest BCUT2D eigenvalue weighted by Gasteiger charge is -2.34. The van der Waals surface area contributed by atoms with Crippen LogP contribution in [-0.4, -0.2) is 50.0 Å². The first-order chi connectivity index (χ1) is 18.8. The van der Waals surface area contributed by atoms with Crippen molar-refractivity contribution in [1.82, 2.24) is 10.2 Å². The van der Waals surface area contributed by atoms with Crippen LogP contribution in [0.3, 0.4) is 0 Å². The average molecular weight is 625 g/mol. The summed E-state index contributed by atoms with van der Waals surface area (Å²) < 4.78 is 26.9. The normalized spacial score (nSPS) is 12.2. The number of hydrogen-bond acceptors (Lipinski definition) is 4. The van der Waals surface area contributed by atoms with Crippen molar-refractivity contribution in [2.75, 3.05) is 17.1 Å². The molecule has 7 nitrogen and oxygen atoms in total. The number of benzene rings is 3. The van der Waals surface area contributed by atoms with E-state index in [1.807, 2.05) is 44.2 Å². The van der Waals surface area contributed by atoms with E-state index >= 15 is 0 Å². The van der Waals surface area contributed by atoms with Crippen LogP contribution >= 0.6 is 34.8 Å². The Morgan fingerprint density at radius 1 is 0.900 bits per heavy atom.